The fourth-order valence-corrected chi connectivity index (χ4v) is 4.99. The maximum absolute atomic E-state index is 13.0. The van der Waals surface area contributed by atoms with E-state index in [1.807, 2.05) is 25.8 Å². The second kappa shape index (κ2) is 4.82. The topological polar surface area (TPSA) is 47.4 Å². The summed E-state index contributed by atoms with van der Waals surface area (Å²) in [5.74, 6) is 1.61. The molecule has 1 amide bonds. The zero-order valence-electron chi connectivity index (χ0n) is 13.8. The molecule has 2 saturated carbocycles. The predicted molar refractivity (Wildman–Crippen MR) is 82.7 cm³/mol. The first-order valence-corrected chi connectivity index (χ1v) is 8.43. The minimum Gasteiger partial charge on any atom is -0.371 e. The summed E-state index contributed by atoms with van der Waals surface area (Å²) in [5.41, 5.74) is 2.51. The van der Waals surface area contributed by atoms with Gasteiger partial charge in [-0.25, -0.2) is 0 Å². The molecule has 5 heteroatoms. The van der Waals surface area contributed by atoms with Crippen LogP contribution in [0, 0.1) is 25.7 Å². The summed E-state index contributed by atoms with van der Waals surface area (Å²) in [5, 5.41) is 4.39. The fraction of sp³-hybridized carbons (Fsp3) is 0.765. The quantitative estimate of drug-likeness (QED) is 0.798. The van der Waals surface area contributed by atoms with E-state index >= 15 is 0 Å². The van der Waals surface area contributed by atoms with Crippen LogP contribution in [0.25, 0.3) is 0 Å². The van der Waals surface area contributed by atoms with Crippen LogP contribution < -0.4 is 0 Å². The van der Waals surface area contributed by atoms with E-state index in [-0.39, 0.29) is 11.5 Å². The van der Waals surface area contributed by atoms with Gasteiger partial charge in [-0.2, -0.15) is 5.10 Å². The van der Waals surface area contributed by atoms with Crippen LogP contribution in [0.1, 0.15) is 47.4 Å². The van der Waals surface area contributed by atoms with E-state index in [2.05, 4.69) is 5.10 Å². The van der Waals surface area contributed by atoms with Gasteiger partial charge in [-0.05, 0) is 51.4 Å². The van der Waals surface area contributed by atoms with Gasteiger partial charge >= 0.3 is 0 Å². The van der Waals surface area contributed by atoms with Crippen molar-refractivity contribution in [1.29, 1.82) is 0 Å². The molecule has 2 heterocycles. The maximum Gasteiger partial charge on any atom is 0.257 e. The van der Waals surface area contributed by atoms with Gasteiger partial charge in [0.05, 0.1) is 30.0 Å². The standard InChI is InChI=1S/C17H25N3O2/c1-11-15(12(2)19(3)18-11)16(21)20-6-7-22-17(10-20)9-13-4-5-14(17)8-13/h13-14H,4-10H2,1-3H3/t13-,14-,17+/m0/s1. The Morgan fingerprint density at radius 2 is 2.18 bits per heavy atom. The van der Waals surface area contributed by atoms with Crippen LogP contribution in [-0.4, -0.2) is 45.9 Å². The summed E-state index contributed by atoms with van der Waals surface area (Å²) in [6.07, 6.45) is 5.07. The molecule has 1 aliphatic heterocycles. The summed E-state index contributed by atoms with van der Waals surface area (Å²) >= 11 is 0. The van der Waals surface area contributed by atoms with Crippen molar-refractivity contribution in [2.75, 3.05) is 19.7 Å². The zero-order valence-corrected chi connectivity index (χ0v) is 13.8. The molecule has 5 nitrogen and oxygen atoms in total. The van der Waals surface area contributed by atoms with Crippen molar-refractivity contribution in [2.45, 2.75) is 45.1 Å². The van der Waals surface area contributed by atoms with Gasteiger partial charge in [-0.3, -0.25) is 9.48 Å². The van der Waals surface area contributed by atoms with Gasteiger partial charge in [0.15, 0.2) is 0 Å². The molecule has 3 aliphatic rings. The smallest absolute Gasteiger partial charge is 0.257 e. The van der Waals surface area contributed by atoms with Crippen molar-refractivity contribution in [3.63, 3.8) is 0 Å². The lowest BCUT2D eigenvalue weighted by atomic mass is 9.82. The molecule has 4 rings (SSSR count). The molecular formula is C17H25N3O2. The molecule has 0 aromatic carbocycles. The summed E-state index contributed by atoms with van der Waals surface area (Å²) in [4.78, 5) is 15.0. The van der Waals surface area contributed by atoms with Crippen molar-refractivity contribution >= 4 is 5.91 Å². The van der Waals surface area contributed by atoms with Crippen molar-refractivity contribution in [3.05, 3.63) is 17.0 Å². The minimum absolute atomic E-state index is 0.0547. The Kier molecular flexibility index (Phi) is 3.12. The normalized spacial score (nSPS) is 33.9. The average Bonchev–Trinajstić information content (AvgIpc) is 3.13. The zero-order chi connectivity index (χ0) is 15.5. The Bertz CT molecular complexity index is 624. The lowest BCUT2D eigenvalue weighted by Gasteiger charge is -2.45. The van der Waals surface area contributed by atoms with Crippen molar-refractivity contribution < 1.29 is 9.53 Å². The predicted octanol–water partition coefficient (Wildman–Crippen LogP) is 2.07. The van der Waals surface area contributed by atoms with E-state index in [0.717, 1.165) is 35.8 Å². The largest absolute Gasteiger partial charge is 0.371 e. The van der Waals surface area contributed by atoms with E-state index in [0.29, 0.717) is 19.1 Å². The number of fused-ring (bicyclic) bond motifs is 3. The Morgan fingerprint density at radius 3 is 2.77 bits per heavy atom. The van der Waals surface area contributed by atoms with E-state index in [1.165, 1.54) is 19.3 Å². The van der Waals surface area contributed by atoms with Gasteiger partial charge in [0.1, 0.15) is 0 Å². The number of aromatic nitrogens is 2. The number of rotatable bonds is 1. The molecule has 3 atom stereocenters. The molecule has 3 fully saturated rings. The SMILES string of the molecule is Cc1nn(C)c(C)c1C(=O)N1CCO[C@]2(C[C@H]3CC[C@H]2C3)C1. The Labute approximate surface area is 131 Å². The summed E-state index contributed by atoms with van der Waals surface area (Å²) < 4.78 is 8.03. The monoisotopic (exact) mass is 303 g/mol. The van der Waals surface area contributed by atoms with Crippen LogP contribution in [0.2, 0.25) is 0 Å². The number of carbonyl (C=O) groups is 1. The van der Waals surface area contributed by atoms with Crippen molar-refractivity contribution in [2.24, 2.45) is 18.9 Å². The first-order valence-electron chi connectivity index (χ1n) is 8.43. The van der Waals surface area contributed by atoms with Gasteiger partial charge in [0.2, 0.25) is 0 Å². The number of aryl methyl sites for hydroxylation is 2. The highest BCUT2D eigenvalue weighted by atomic mass is 16.5. The average molecular weight is 303 g/mol. The number of hydrogen-bond acceptors (Lipinski definition) is 3. The lowest BCUT2D eigenvalue weighted by molar-refractivity contribution is -0.129. The first-order chi connectivity index (χ1) is 10.5. The molecule has 120 valence electrons. The fourth-order valence-electron chi connectivity index (χ4n) is 4.99. The van der Waals surface area contributed by atoms with Crippen LogP contribution in [0.15, 0.2) is 0 Å². The third kappa shape index (κ3) is 1.94. The minimum atomic E-state index is -0.0547. The maximum atomic E-state index is 13.0. The van der Waals surface area contributed by atoms with E-state index in [1.54, 1.807) is 4.68 Å². The highest BCUT2D eigenvalue weighted by molar-refractivity contribution is 5.96. The van der Waals surface area contributed by atoms with Crippen molar-refractivity contribution in [3.8, 4) is 0 Å². The van der Waals surface area contributed by atoms with E-state index in [9.17, 15) is 4.79 Å². The molecule has 2 bridgehead atoms. The first kappa shape index (κ1) is 14.2. The highest BCUT2D eigenvalue weighted by Crippen LogP contribution is 2.53. The molecule has 1 aromatic heterocycles. The Hall–Kier alpha value is -1.36. The summed E-state index contributed by atoms with van der Waals surface area (Å²) in [6, 6.07) is 0. The van der Waals surface area contributed by atoms with Gasteiger partial charge in [0.25, 0.3) is 5.91 Å². The van der Waals surface area contributed by atoms with Gasteiger partial charge in [-0.1, -0.05) is 0 Å². The number of morpholine rings is 1. The highest BCUT2D eigenvalue weighted by Gasteiger charge is 2.54. The van der Waals surface area contributed by atoms with Gasteiger partial charge in [0, 0.05) is 19.3 Å². The van der Waals surface area contributed by atoms with Gasteiger partial charge < -0.3 is 9.64 Å². The molecule has 1 saturated heterocycles. The lowest BCUT2D eigenvalue weighted by Crippen LogP contribution is -2.56. The molecule has 0 N–H and O–H groups in total. The molecule has 0 unspecified atom stereocenters. The summed E-state index contributed by atoms with van der Waals surface area (Å²) in [6.45, 7) is 6.04. The second-order valence-electron chi connectivity index (χ2n) is 7.39. The number of nitrogens with zero attached hydrogens (tertiary/aromatic N) is 3. The molecule has 1 spiro atoms. The van der Waals surface area contributed by atoms with Crippen LogP contribution in [-0.2, 0) is 11.8 Å². The molecule has 2 aliphatic carbocycles. The number of ether oxygens (including phenoxy) is 1. The van der Waals surface area contributed by atoms with Crippen LogP contribution in [0.5, 0.6) is 0 Å². The van der Waals surface area contributed by atoms with Crippen LogP contribution in [0.4, 0.5) is 0 Å². The van der Waals surface area contributed by atoms with Crippen molar-refractivity contribution in [1.82, 2.24) is 14.7 Å². The third-order valence-corrected chi connectivity index (χ3v) is 6.14. The number of hydrogen-bond donors (Lipinski definition) is 0. The summed E-state index contributed by atoms with van der Waals surface area (Å²) in [7, 11) is 1.90. The van der Waals surface area contributed by atoms with Gasteiger partial charge in [-0.15, -0.1) is 0 Å². The second-order valence-corrected chi connectivity index (χ2v) is 7.39. The Morgan fingerprint density at radius 1 is 1.36 bits per heavy atom. The third-order valence-electron chi connectivity index (χ3n) is 6.14. The number of amides is 1. The molecule has 1 aromatic rings. The Balaban J connectivity index is 1.59. The molecular weight excluding hydrogens is 278 g/mol. The molecule has 0 radical (unpaired) electrons. The molecule has 22 heavy (non-hydrogen) atoms. The number of carbonyl (C=O) groups excluding carboxylic acids is 1. The van der Waals surface area contributed by atoms with E-state index in [4.69, 9.17) is 4.74 Å². The van der Waals surface area contributed by atoms with Crippen LogP contribution in [0.3, 0.4) is 0 Å². The van der Waals surface area contributed by atoms with Crippen LogP contribution >= 0.6 is 0 Å². The van der Waals surface area contributed by atoms with E-state index < -0.39 is 0 Å².